The molecule has 2 unspecified atom stereocenters. The fourth-order valence-electron chi connectivity index (χ4n) is 17.9. The summed E-state index contributed by atoms with van der Waals surface area (Å²) >= 11 is 5.26. The van der Waals surface area contributed by atoms with Crippen molar-refractivity contribution in [2.45, 2.75) is 53.9 Å². The van der Waals surface area contributed by atoms with Gasteiger partial charge in [0.15, 0.2) is 34.3 Å². The first-order chi connectivity index (χ1) is 55.5. The maximum Gasteiger partial charge on any atom is 0.278 e. The second-order valence-electron chi connectivity index (χ2n) is 28.8. The van der Waals surface area contributed by atoms with E-state index >= 15 is 0 Å². The molecule has 562 valence electrons. The molecule has 0 bridgehead atoms. The Morgan fingerprint density at radius 1 is 0.389 bits per heavy atom. The number of hydrogen-bond donors (Lipinski definition) is 2. The van der Waals surface area contributed by atoms with Crippen molar-refractivity contribution in [3.05, 3.63) is 340 Å². The lowest BCUT2D eigenvalue weighted by Gasteiger charge is -2.51. The summed E-state index contributed by atoms with van der Waals surface area (Å²) in [6, 6.07) is 72.0. The first-order valence-corrected chi connectivity index (χ1v) is 40.3. The summed E-state index contributed by atoms with van der Waals surface area (Å²) in [4.78, 5) is 88.1. The number of ether oxygens (including phenoxy) is 4. The molecular weight excluding hydrogens is 1480 g/mol. The summed E-state index contributed by atoms with van der Waals surface area (Å²) in [5.41, 5.74) is 14.5. The van der Waals surface area contributed by atoms with Gasteiger partial charge >= 0.3 is 0 Å². The number of hydrogen-bond acceptors (Lipinski definition) is 18. The van der Waals surface area contributed by atoms with Gasteiger partial charge in [-0.2, -0.15) is 0 Å². The average molecular weight is 1550 g/mol. The molecule has 3 fully saturated rings. The fraction of sp³-hybridized carbons (Fsp3) is 0.191. The molecule has 8 aromatic carbocycles. The number of amides is 3. The van der Waals surface area contributed by atoms with Gasteiger partial charge in [-0.15, -0.1) is 34.4 Å². The monoisotopic (exact) mass is 1550 g/mol. The smallest absolute Gasteiger partial charge is 0.278 e. The van der Waals surface area contributed by atoms with Gasteiger partial charge in [0.05, 0.1) is 57.8 Å². The van der Waals surface area contributed by atoms with Gasteiger partial charge in [-0.1, -0.05) is 182 Å². The molecule has 5 aromatic heterocycles. The van der Waals surface area contributed by atoms with E-state index in [0.29, 0.717) is 59.3 Å². The summed E-state index contributed by atoms with van der Waals surface area (Å²) in [5, 5.41) is 34.5. The molecule has 21 nitrogen and oxygen atoms in total. The number of aromatic hydroxyl groups is 2. The number of thiophene rings is 2. The minimum Gasteiger partial charge on any atom is -0.502 e. The Labute approximate surface area is 659 Å². The van der Waals surface area contributed by atoms with Gasteiger partial charge in [0.1, 0.15) is 25.1 Å². The van der Waals surface area contributed by atoms with Gasteiger partial charge in [-0.05, 0) is 106 Å². The number of fused-ring (bicyclic) bond motifs is 20. The average Bonchev–Trinajstić information content (AvgIpc) is 1.74. The molecule has 3 saturated heterocycles. The third kappa shape index (κ3) is 11.4. The first kappa shape index (κ1) is 69.9. The lowest BCUT2D eigenvalue weighted by Crippen LogP contribution is -2.66. The van der Waals surface area contributed by atoms with Gasteiger partial charge in [0.2, 0.25) is 16.3 Å². The summed E-state index contributed by atoms with van der Waals surface area (Å²) in [7, 11) is 0. The SMILES string of the molecule is O=C1c2c(O)c(=O)ccn2N([C@@H]2c3ccccc3-c3ccsc3-c3ccccc32)[C@@H]2COCCN12.O=C1c2c(O)c(=O)ccn2N([C@H]2c3ccccc3-c3ccsc3-c3ccccc32)[C@H]2COCCN12.O=C1c2c(OCc3ccccc3)c(=O)ccn2N(C2c3ccccc3SCc3c2ccc2ccccc32)C2COCCN12. The zero-order chi connectivity index (χ0) is 76.3. The predicted octanol–water partition coefficient (Wildman–Crippen LogP) is 13.3. The number of benzene rings is 8. The lowest BCUT2D eigenvalue weighted by molar-refractivity contribution is -0.0199. The standard InChI is InChI=1S/C35H29N3O4S.2C27H21N3O4S/c39-29-16-17-37-33(34(29)42-20-23-8-2-1-3-9-23)35(40)36-18-19-41-21-31(36)38(37)32-26-15-14-24-10-4-5-11-25(24)28(26)22-43-30-13-7-6-12-27(30)32;2*31-21-9-11-29-24(25(21)32)27(33)28-12-13-34-15-22(28)30(29)23-17-6-2-1-5-16(17)20-10-14-35-26(20)19-8-4-3-7-18(19)23/h1-17,31-32H,18-22H2;2*1-11,14,22-23,32H,12-13,15H2/t;2*22-,23-/m.10/s1. The number of nitrogens with zero attached hydrogens (tertiary/aromatic N) is 9. The van der Waals surface area contributed by atoms with Crippen molar-refractivity contribution in [1.29, 1.82) is 0 Å². The molecule has 6 atom stereocenters. The van der Waals surface area contributed by atoms with E-state index in [2.05, 4.69) is 147 Å². The van der Waals surface area contributed by atoms with Crippen LogP contribution in [0.5, 0.6) is 17.2 Å². The van der Waals surface area contributed by atoms with Crippen LogP contribution in [-0.2, 0) is 26.6 Å². The highest BCUT2D eigenvalue weighted by atomic mass is 32.2. The second kappa shape index (κ2) is 28.5. The molecule has 2 aliphatic carbocycles. The van der Waals surface area contributed by atoms with Crippen LogP contribution in [0.3, 0.4) is 0 Å². The highest BCUT2D eigenvalue weighted by Gasteiger charge is 2.50. The summed E-state index contributed by atoms with van der Waals surface area (Å²) in [5.74, 6) is -1.10. The van der Waals surface area contributed by atoms with Crippen molar-refractivity contribution in [3.8, 4) is 60.4 Å². The zero-order valence-corrected chi connectivity index (χ0v) is 63.1. The Kier molecular flexibility index (Phi) is 17.6. The van der Waals surface area contributed by atoms with Crippen molar-refractivity contribution in [1.82, 2.24) is 28.7 Å². The summed E-state index contributed by atoms with van der Waals surface area (Å²) < 4.78 is 29.1. The normalized spacial score (nSPS) is 19.9. The molecule has 113 heavy (non-hydrogen) atoms. The number of thioether (sulfide) groups is 1. The predicted molar refractivity (Wildman–Crippen MR) is 434 cm³/mol. The van der Waals surface area contributed by atoms with E-state index in [-0.39, 0.29) is 76.9 Å². The molecule has 24 heteroatoms. The van der Waals surface area contributed by atoms with E-state index in [0.717, 1.165) is 61.4 Å². The van der Waals surface area contributed by atoms with Crippen molar-refractivity contribution >= 4 is 62.9 Å². The minimum absolute atomic E-state index is 0.00960. The zero-order valence-electron chi connectivity index (χ0n) is 60.6. The highest BCUT2D eigenvalue weighted by Crippen LogP contribution is 2.53. The molecule has 7 aliphatic heterocycles. The Morgan fingerprint density at radius 2 is 0.805 bits per heavy atom. The maximum atomic E-state index is 14.2. The van der Waals surface area contributed by atoms with E-state index < -0.39 is 34.7 Å². The van der Waals surface area contributed by atoms with Crippen molar-refractivity contribution in [2.75, 3.05) is 74.3 Å². The van der Waals surface area contributed by atoms with Crippen LogP contribution >= 0.6 is 34.4 Å². The van der Waals surface area contributed by atoms with Crippen LogP contribution in [-0.4, -0.2) is 134 Å². The van der Waals surface area contributed by atoms with Crippen LogP contribution in [0.2, 0.25) is 0 Å². The van der Waals surface area contributed by atoms with Crippen LogP contribution in [0.1, 0.15) is 94.1 Å². The summed E-state index contributed by atoms with van der Waals surface area (Å²) in [6.07, 6.45) is 3.71. The van der Waals surface area contributed by atoms with Gasteiger partial charge in [0.25, 0.3) is 17.7 Å². The van der Waals surface area contributed by atoms with Crippen LogP contribution in [0.4, 0.5) is 0 Å². The first-order valence-electron chi connectivity index (χ1n) is 37.6. The third-order valence-corrected chi connectivity index (χ3v) is 25.9. The number of carbonyl (C=O) groups is 3. The van der Waals surface area contributed by atoms with Crippen LogP contribution in [0, 0.1) is 0 Å². The molecule has 0 saturated carbocycles. The fourth-order valence-corrected chi connectivity index (χ4v) is 20.9. The molecule has 3 amide bonds. The minimum atomic E-state index is -0.569. The second-order valence-corrected chi connectivity index (χ2v) is 31.6. The molecule has 2 N–H and O–H groups in total. The Morgan fingerprint density at radius 3 is 1.33 bits per heavy atom. The van der Waals surface area contributed by atoms with Gasteiger partial charge in [-0.3, -0.25) is 57.8 Å². The van der Waals surface area contributed by atoms with E-state index in [4.69, 9.17) is 18.9 Å². The van der Waals surface area contributed by atoms with E-state index in [1.54, 1.807) is 60.4 Å². The number of morpholine rings is 3. The molecule has 9 aliphatic rings. The Bertz CT molecular complexity index is 5860. The number of carbonyl (C=O) groups excluding carboxylic acids is 3. The maximum absolute atomic E-state index is 14.2. The highest BCUT2D eigenvalue weighted by molar-refractivity contribution is 7.98. The lowest BCUT2D eigenvalue weighted by atomic mass is 9.90. The number of aromatic nitrogens is 3. The quantitative estimate of drug-likeness (QED) is 0.158. The molecule has 13 aromatic rings. The van der Waals surface area contributed by atoms with Crippen LogP contribution < -0.4 is 36.0 Å². The van der Waals surface area contributed by atoms with Gasteiger partial charge in [-0.25, -0.2) is 0 Å². The van der Waals surface area contributed by atoms with Crippen LogP contribution in [0.15, 0.2) is 267 Å². The largest absolute Gasteiger partial charge is 0.502 e. The van der Waals surface area contributed by atoms with Crippen LogP contribution in [0.25, 0.3) is 53.9 Å². The summed E-state index contributed by atoms with van der Waals surface area (Å²) in [6.45, 7) is 3.61. The molecule has 12 heterocycles. The van der Waals surface area contributed by atoms with Gasteiger partial charge in [0, 0.05) is 88.0 Å². The number of pyridine rings is 3. The van der Waals surface area contributed by atoms with Crippen molar-refractivity contribution < 1.29 is 43.5 Å². The van der Waals surface area contributed by atoms with Crippen molar-refractivity contribution in [2.24, 2.45) is 0 Å². The molecule has 0 spiro atoms. The Balaban J connectivity index is 0.000000111. The van der Waals surface area contributed by atoms with E-state index in [9.17, 15) is 39.0 Å². The topological polar surface area (TPSA) is 214 Å². The van der Waals surface area contributed by atoms with E-state index in [1.807, 2.05) is 100 Å². The molecular formula is C89H71N9O12S3. The number of rotatable bonds is 6. The molecule has 0 radical (unpaired) electrons. The Hall–Kier alpha value is -12.3. The molecule has 22 rings (SSSR count). The third-order valence-electron chi connectivity index (χ3n) is 22.9. The van der Waals surface area contributed by atoms with Gasteiger partial charge < -0.3 is 43.9 Å². The van der Waals surface area contributed by atoms with Crippen molar-refractivity contribution in [3.63, 3.8) is 0 Å². The van der Waals surface area contributed by atoms with E-state index in [1.165, 1.54) is 65.9 Å².